The second-order valence-electron chi connectivity index (χ2n) is 7.78. The van der Waals surface area contributed by atoms with E-state index in [0.717, 1.165) is 55.0 Å². The van der Waals surface area contributed by atoms with E-state index >= 15 is 0 Å². The number of carbonyl (C=O) groups excluding carboxylic acids is 1. The van der Waals surface area contributed by atoms with E-state index in [1.165, 1.54) is 11.3 Å². The number of thiazole rings is 1. The Hall–Kier alpha value is -1.61. The van der Waals surface area contributed by atoms with Crippen LogP contribution in [0.3, 0.4) is 0 Å². The first-order valence-corrected chi connectivity index (χ1v) is 12.6. The molecule has 0 N–H and O–H groups in total. The summed E-state index contributed by atoms with van der Waals surface area (Å²) in [6.07, 6.45) is 0.809. The number of hydrogen-bond acceptors (Lipinski definition) is 6. The number of ether oxygens (including phenoxy) is 2. The lowest BCUT2D eigenvalue weighted by atomic mass is 10.2. The van der Waals surface area contributed by atoms with Crippen LogP contribution in [0.1, 0.15) is 12.0 Å². The number of halogens is 3. The second kappa shape index (κ2) is 11.2. The van der Waals surface area contributed by atoms with Crippen molar-refractivity contribution in [3.63, 3.8) is 0 Å². The van der Waals surface area contributed by atoms with Crippen LogP contribution in [0.2, 0.25) is 15.1 Å². The molecule has 0 aliphatic carbocycles. The van der Waals surface area contributed by atoms with Crippen LogP contribution in [-0.2, 0) is 9.53 Å². The molecule has 0 saturated carbocycles. The van der Waals surface area contributed by atoms with Gasteiger partial charge in [-0.3, -0.25) is 14.6 Å². The van der Waals surface area contributed by atoms with Crippen molar-refractivity contribution in [2.45, 2.75) is 13.3 Å². The number of anilines is 1. The molecule has 0 bridgehead atoms. The molecule has 1 aromatic heterocycles. The Labute approximate surface area is 211 Å². The summed E-state index contributed by atoms with van der Waals surface area (Å²) in [5, 5.41) is 2.15. The Balaban J connectivity index is 1.51. The van der Waals surface area contributed by atoms with Gasteiger partial charge in [0.2, 0.25) is 0 Å². The lowest BCUT2D eigenvalue weighted by Crippen LogP contribution is -2.40. The maximum atomic E-state index is 13.2. The molecule has 0 atom stereocenters. The van der Waals surface area contributed by atoms with Crippen molar-refractivity contribution in [1.29, 1.82) is 0 Å². The minimum Gasteiger partial charge on any atom is -0.482 e. The van der Waals surface area contributed by atoms with E-state index in [0.29, 0.717) is 32.5 Å². The quantitative estimate of drug-likeness (QED) is 0.375. The molecule has 1 aliphatic heterocycles. The van der Waals surface area contributed by atoms with Gasteiger partial charge in [-0.2, -0.15) is 0 Å². The van der Waals surface area contributed by atoms with Gasteiger partial charge in [0.15, 0.2) is 11.7 Å². The fourth-order valence-electron chi connectivity index (χ4n) is 3.67. The predicted molar refractivity (Wildman–Crippen MR) is 136 cm³/mol. The van der Waals surface area contributed by atoms with Crippen LogP contribution in [-0.4, -0.2) is 61.8 Å². The van der Waals surface area contributed by atoms with Crippen LogP contribution in [0, 0.1) is 6.92 Å². The van der Waals surface area contributed by atoms with E-state index in [1.54, 1.807) is 23.1 Å². The summed E-state index contributed by atoms with van der Waals surface area (Å²) in [5.41, 5.74) is 1.83. The van der Waals surface area contributed by atoms with Crippen molar-refractivity contribution in [3.05, 3.63) is 51.0 Å². The highest BCUT2D eigenvalue weighted by Gasteiger charge is 2.22. The third kappa shape index (κ3) is 6.29. The van der Waals surface area contributed by atoms with Gasteiger partial charge in [0.05, 0.1) is 28.5 Å². The van der Waals surface area contributed by atoms with Gasteiger partial charge in [0.1, 0.15) is 5.75 Å². The topological polar surface area (TPSA) is 54.9 Å². The standard InChI is InChI=1S/C23H24Cl3N3O3S/c1-15-11-17(25)13-20-22(15)27-23(33-20)29(6-2-5-28-7-9-31-10-8-28)21(30)14-32-19-4-3-16(24)12-18(19)26/h3-4,11-13H,2,5-10,14H2,1H3. The number of rotatable bonds is 8. The zero-order valence-electron chi connectivity index (χ0n) is 18.2. The fourth-order valence-corrected chi connectivity index (χ4v) is 5.60. The number of aromatic nitrogens is 1. The predicted octanol–water partition coefficient (Wildman–Crippen LogP) is 5.70. The Morgan fingerprint density at radius 1 is 1.18 bits per heavy atom. The maximum Gasteiger partial charge on any atom is 0.266 e. The molecule has 4 rings (SSSR count). The summed E-state index contributed by atoms with van der Waals surface area (Å²) in [4.78, 5) is 22.0. The highest BCUT2D eigenvalue weighted by atomic mass is 35.5. The van der Waals surface area contributed by atoms with E-state index in [9.17, 15) is 4.79 Å². The number of carbonyl (C=O) groups is 1. The maximum absolute atomic E-state index is 13.2. The van der Waals surface area contributed by atoms with E-state index in [-0.39, 0.29) is 12.5 Å². The van der Waals surface area contributed by atoms with Gasteiger partial charge in [-0.15, -0.1) is 0 Å². The number of aryl methyl sites for hydroxylation is 1. The average Bonchev–Trinajstić information content (AvgIpc) is 3.20. The molecule has 1 amide bonds. The van der Waals surface area contributed by atoms with Gasteiger partial charge >= 0.3 is 0 Å². The molecular formula is C23H24Cl3N3O3S. The van der Waals surface area contributed by atoms with Crippen LogP contribution in [0.4, 0.5) is 5.13 Å². The minimum atomic E-state index is -0.189. The molecule has 3 aromatic rings. The van der Waals surface area contributed by atoms with Crippen LogP contribution < -0.4 is 9.64 Å². The normalized spacial score (nSPS) is 14.5. The van der Waals surface area contributed by atoms with E-state index in [4.69, 9.17) is 49.3 Å². The Morgan fingerprint density at radius 3 is 2.73 bits per heavy atom. The first-order chi connectivity index (χ1) is 15.9. The van der Waals surface area contributed by atoms with Crippen LogP contribution in [0.15, 0.2) is 30.3 Å². The summed E-state index contributed by atoms with van der Waals surface area (Å²) in [6, 6.07) is 8.68. The molecule has 1 fully saturated rings. The molecule has 2 heterocycles. The molecule has 0 spiro atoms. The molecule has 176 valence electrons. The first-order valence-electron chi connectivity index (χ1n) is 10.7. The van der Waals surface area contributed by atoms with Crippen molar-refractivity contribution in [3.8, 4) is 5.75 Å². The molecular weight excluding hydrogens is 505 g/mol. The van der Waals surface area contributed by atoms with Crippen molar-refractivity contribution in [2.75, 3.05) is 50.9 Å². The first kappa shape index (κ1) is 24.5. The Kier molecular flexibility index (Phi) is 8.33. The highest BCUT2D eigenvalue weighted by Crippen LogP contribution is 2.33. The number of amides is 1. The summed E-state index contributed by atoms with van der Waals surface area (Å²) in [7, 11) is 0. The lowest BCUT2D eigenvalue weighted by molar-refractivity contribution is -0.120. The molecule has 33 heavy (non-hydrogen) atoms. The lowest BCUT2D eigenvalue weighted by Gasteiger charge is -2.27. The smallest absolute Gasteiger partial charge is 0.266 e. The minimum absolute atomic E-state index is 0.158. The van der Waals surface area contributed by atoms with Crippen molar-refractivity contribution in [1.82, 2.24) is 9.88 Å². The van der Waals surface area contributed by atoms with E-state index in [2.05, 4.69) is 4.90 Å². The third-order valence-electron chi connectivity index (χ3n) is 5.38. The summed E-state index contributed by atoms with van der Waals surface area (Å²) >= 11 is 19.8. The molecule has 6 nitrogen and oxygen atoms in total. The molecule has 0 unspecified atom stereocenters. The SMILES string of the molecule is Cc1cc(Cl)cc2sc(N(CCCN3CCOCC3)C(=O)COc3ccc(Cl)cc3Cl)nc12. The van der Waals surface area contributed by atoms with Crippen LogP contribution >= 0.6 is 46.1 Å². The molecule has 1 aliphatic rings. The molecule has 1 saturated heterocycles. The summed E-state index contributed by atoms with van der Waals surface area (Å²) < 4.78 is 12.1. The fraction of sp³-hybridized carbons (Fsp3) is 0.391. The van der Waals surface area contributed by atoms with Crippen molar-refractivity contribution >= 4 is 67.4 Å². The van der Waals surface area contributed by atoms with E-state index < -0.39 is 0 Å². The third-order valence-corrected chi connectivity index (χ3v) is 7.15. The summed E-state index contributed by atoms with van der Waals surface area (Å²) in [6.45, 7) is 6.53. The van der Waals surface area contributed by atoms with Gasteiger partial charge in [-0.1, -0.05) is 46.1 Å². The van der Waals surface area contributed by atoms with Gasteiger partial charge in [-0.25, -0.2) is 4.98 Å². The molecule has 10 heteroatoms. The van der Waals surface area contributed by atoms with Gasteiger partial charge < -0.3 is 9.47 Å². The van der Waals surface area contributed by atoms with Crippen molar-refractivity contribution < 1.29 is 14.3 Å². The Bertz CT molecular complexity index is 1130. The Morgan fingerprint density at radius 2 is 1.97 bits per heavy atom. The number of benzene rings is 2. The number of hydrogen-bond donors (Lipinski definition) is 0. The van der Waals surface area contributed by atoms with Gasteiger partial charge in [-0.05, 0) is 49.2 Å². The van der Waals surface area contributed by atoms with Gasteiger partial charge in [0, 0.05) is 36.2 Å². The van der Waals surface area contributed by atoms with Crippen LogP contribution in [0.5, 0.6) is 5.75 Å². The second-order valence-corrected chi connectivity index (χ2v) is 10.1. The molecule has 2 aromatic carbocycles. The number of nitrogens with zero attached hydrogens (tertiary/aromatic N) is 3. The number of fused-ring (bicyclic) bond motifs is 1. The van der Waals surface area contributed by atoms with E-state index in [1.807, 2.05) is 19.1 Å². The van der Waals surface area contributed by atoms with Crippen LogP contribution in [0.25, 0.3) is 10.2 Å². The highest BCUT2D eigenvalue weighted by molar-refractivity contribution is 7.22. The summed E-state index contributed by atoms with van der Waals surface area (Å²) in [5.74, 6) is 0.223. The zero-order valence-corrected chi connectivity index (χ0v) is 21.2. The zero-order chi connectivity index (χ0) is 23.4. The monoisotopic (exact) mass is 527 g/mol. The molecule has 0 radical (unpaired) electrons. The van der Waals surface area contributed by atoms with Gasteiger partial charge in [0.25, 0.3) is 5.91 Å². The largest absolute Gasteiger partial charge is 0.482 e. The number of morpholine rings is 1. The average molecular weight is 529 g/mol. The van der Waals surface area contributed by atoms with Crippen molar-refractivity contribution in [2.24, 2.45) is 0 Å².